The Balaban J connectivity index is 0.00000240. The molecule has 2 aromatic carbocycles. The Morgan fingerprint density at radius 3 is 2.17 bits per heavy atom. The number of carbonyl (C=O) groups is 1. The van der Waals surface area contributed by atoms with Crippen molar-refractivity contribution in [3.63, 3.8) is 0 Å². The fourth-order valence-corrected chi connectivity index (χ4v) is 4.83. The lowest BCUT2D eigenvalue weighted by Crippen LogP contribution is -2.42. The molecule has 0 amide bonds. The van der Waals surface area contributed by atoms with Crippen LogP contribution in [0.25, 0.3) is 0 Å². The van der Waals surface area contributed by atoms with Gasteiger partial charge >= 0.3 is 5.97 Å². The number of nitrogens with zero attached hydrogens (tertiary/aromatic N) is 2. The molecule has 0 saturated carbocycles. The Kier molecular flexibility index (Phi) is 7.57. The Bertz CT molecular complexity index is 779. The van der Waals surface area contributed by atoms with E-state index in [2.05, 4.69) is 58.3 Å². The van der Waals surface area contributed by atoms with Crippen LogP contribution >= 0.6 is 12.4 Å². The minimum absolute atomic E-state index is 0. The van der Waals surface area contributed by atoms with Gasteiger partial charge in [-0.05, 0) is 61.9 Å². The summed E-state index contributed by atoms with van der Waals surface area (Å²) in [6, 6.07) is 17.7. The average molecular weight is 415 g/mol. The number of carboxylic acids is 1. The van der Waals surface area contributed by atoms with Crippen molar-refractivity contribution in [2.24, 2.45) is 0 Å². The van der Waals surface area contributed by atoms with Crippen molar-refractivity contribution in [1.29, 1.82) is 0 Å². The number of para-hydroxylation sites is 2. The minimum Gasteiger partial charge on any atom is -0.481 e. The molecule has 0 spiro atoms. The first-order valence-corrected chi connectivity index (χ1v) is 10.6. The Hall–Kier alpha value is -2.04. The zero-order valence-electron chi connectivity index (χ0n) is 16.9. The summed E-state index contributed by atoms with van der Waals surface area (Å²) in [6.07, 6.45) is 6.83. The highest BCUT2D eigenvalue weighted by molar-refractivity contribution is 5.85. The first kappa shape index (κ1) is 21.7. The maximum absolute atomic E-state index is 11.2. The molecule has 2 heterocycles. The molecule has 0 aliphatic carbocycles. The highest BCUT2D eigenvalue weighted by Crippen LogP contribution is 2.36. The lowest BCUT2D eigenvalue weighted by Gasteiger charge is -2.35. The molecule has 4 rings (SSSR count). The van der Waals surface area contributed by atoms with Gasteiger partial charge in [0.2, 0.25) is 0 Å². The van der Waals surface area contributed by atoms with Gasteiger partial charge in [0.25, 0.3) is 0 Å². The molecule has 2 aliphatic rings. The number of likely N-dealkylation sites (tertiary alicyclic amines) is 1. The molecule has 1 atom stereocenters. The zero-order valence-corrected chi connectivity index (χ0v) is 17.7. The first-order valence-electron chi connectivity index (χ1n) is 10.6. The van der Waals surface area contributed by atoms with Gasteiger partial charge in [-0.25, -0.2) is 0 Å². The van der Waals surface area contributed by atoms with Crippen LogP contribution in [0.4, 0.5) is 11.4 Å². The molecule has 0 aromatic heterocycles. The van der Waals surface area contributed by atoms with E-state index in [0.29, 0.717) is 0 Å². The van der Waals surface area contributed by atoms with E-state index in [4.69, 9.17) is 0 Å². The number of benzene rings is 2. The van der Waals surface area contributed by atoms with Crippen molar-refractivity contribution in [3.8, 4) is 0 Å². The van der Waals surface area contributed by atoms with Gasteiger partial charge in [-0.15, -0.1) is 12.4 Å². The number of halogens is 1. The van der Waals surface area contributed by atoms with Crippen molar-refractivity contribution in [3.05, 3.63) is 59.7 Å². The third kappa shape index (κ3) is 5.12. The molecule has 0 bridgehead atoms. The molecule has 5 heteroatoms. The summed E-state index contributed by atoms with van der Waals surface area (Å²) in [7, 11) is 0. The van der Waals surface area contributed by atoms with Gasteiger partial charge in [0, 0.05) is 30.5 Å². The molecule has 2 aliphatic heterocycles. The van der Waals surface area contributed by atoms with Crippen molar-refractivity contribution >= 4 is 29.8 Å². The Labute approximate surface area is 179 Å². The topological polar surface area (TPSA) is 43.8 Å². The van der Waals surface area contributed by atoms with E-state index in [1.54, 1.807) is 0 Å². The maximum atomic E-state index is 11.2. The third-order valence-corrected chi connectivity index (χ3v) is 6.21. The number of piperidine rings is 1. The van der Waals surface area contributed by atoms with E-state index in [1.165, 1.54) is 28.9 Å². The molecular formula is C24H31ClN2O2. The number of rotatable bonds is 6. The summed E-state index contributed by atoms with van der Waals surface area (Å²) in [5, 5.41) is 9.23. The van der Waals surface area contributed by atoms with Crippen LogP contribution in [-0.4, -0.2) is 41.7 Å². The lowest BCUT2D eigenvalue weighted by molar-refractivity contribution is -0.138. The number of hydrogen-bond donors (Lipinski definition) is 1. The summed E-state index contributed by atoms with van der Waals surface area (Å²) in [5.41, 5.74) is 5.49. The molecule has 0 radical (unpaired) electrons. The molecule has 156 valence electrons. The minimum atomic E-state index is -0.674. The molecule has 1 saturated heterocycles. The van der Waals surface area contributed by atoms with E-state index < -0.39 is 5.97 Å². The highest BCUT2D eigenvalue weighted by atomic mass is 35.5. The smallest absolute Gasteiger partial charge is 0.304 e. The number of anilines is 2. The van der Waals surface area contributed by atoms with Crippen molar-refractivity contribution in [2.45, 2.75) is 51.0 Å². The van der Waals surface area contributed by atoms with Gasteiger partial charge in [0.1, 0.15) is 0 Å². The van der Waals surface area contributed by atoms with E-state index in [9.17, 15) is 9.90 Å². The molecular weight excluding hydrogens is 384 g/mol. The predicted molar refractivity (Wildman–Crippen MR) is 121 cm³/mol. The van der Waals surface area contributed by atoms with Crippen molar-refractivity contribution in [2.75, 3.05) is 24.5 Å². The van der Waals surface area contributed by atoms with E-state index >= 15 is 0 Å². The normalized spacial score (nSPS) is 18.9. The molecule has 1 fully saturated rings. The average Bonchev–Trinajstić information content (AvgIpc) is 2.86. The quantitative estimate of drug-likeness (QED) is 0.717. The van der Waals surface area contributed by atoms with Crippen molar-refractivity contribution in [1.82, 2.24) is 4.90 Å². The fraction of sp³-hybridized carbons (Fsp3) is 0.458. The third-order valence-electron chi connectivity index (χ3n) is 6.21. The summed E-state index contributed by atoms with van der Waals surface area (Å²) in [6.45, 7) is 2.97. The molecule has 1 unspecified atom stereocenters. The van der Waals surface area contributed by atoms with Crippen LogP contribution in [0.15, 0.2) is 48.5 Å². The molecule has 1 N–H and O–H groups in total. The van der Waals surface area contributed by atoms with E-state index in [0.717, 1.165) is 51.7 Å². The van der Waals surface area contributed by atoms with Gasteiger partial charge in [-0.3, -0.25) is 9.69 Å². The molecule has 2 aromatic rings. The fourth-order valence-electron chi connectivity index (χ4n) is 4.83. The second-order valence-electron chi connectivity index (χ2n) is 8.05. The van der Waals surface area contributed by atoms with Crippen LogP contribution < -0.4 is 4.90 Å². The lowest BCUT2D eigenvalue weighted by atomic mass is 9.99. The predicted octanol–water partition coefficient (Wildman–Crippen LogP) is 5.06. The van der Waals surface area contributed by atoms with Crippen LogP contribution in [-0.2, 0) is 17.6 Å². The summed E-state index contributed by atoms with van der Waals surface area (Å²) in [5.74, 6) is -0.674. The number of hydrogen-bond acceptors (Lipinski definition) is 3. The molecule has 4 nitrogen and oxygen atoms in total. The Morgan fingerprint density at radius 1 is 0.931 bits per heavy atom. The second-order valence-corrected chi connectivity index (χ2v) is 8.05. The SMILES string of the molecule is Cl.O=C(O)CC1CCCCN1CCCN1c2ccccc2CCc2ccccc21. The van der Waals surface area contributed by atoms with Crippen LogP contribution in [0, 0.1) is 0 Å². The van der Waals surface area contributed by atoms with E-state index in [-0.39, 0.29) is 24.9 Å². The van der Waals surface area contributed by atoms with Gasteiger partial charge in [0.05, 0.1) is 6.42 Å². The number of fused-ring (bicyclic) bond motifs is 2. The standard InChI is InChI=1S/C24H30N2O2.ClH/c27-24(28)18-21-10-5-6-15-25(21)16-7-17-26-22-11-3-1-8-19(22)13-14-20-9-2-4-12-23(20)26;/h1-4,8-9,11-12,21H,5-7,10,13-18H2,(H,27,28);1H. The summed E-state index contributed by atoms with van der Waals surface area (Å²) in [4.78, 5) is 16.1. The number of carboxylic acid groups (broad SMARTS) is 1. The van der Waals surface area contributed by atoms with Gasteiger partial charge < -0.3 is 10.0 Å². The van der Waals surface area contributed by atoms with Crippen LogP contribution in [0.3, 0.4) is 0 Å². The van der Waals surface area contributed by atoms with Crippen LogP contribution in [0.1, 0.15) is 43.2 Å². The van der Waals surface area contributed by atoms with E-state index in [1.807, 2.05) is 0 Å². The highest BCUT2D eigenvalue weighted by Gasteiger charge is 2.25. The molecule has 29 heavy (non-hydrogen) atoms. The van der Waals surface area contributed by atoms with Crippen molar-refractivity contribution < 1.29 is 9.90 Å². The number of aryl methyl sites for hydroxylation is 2. The van der Waals surface area contributed by atoms with Gasteiger partial charge in [-0.2, -0.15) is 0 Å². The monoisotopic (exact) mass is 414 g/mol. The maximum Gasteiger partial charge on any atom is 0.304 e. The summed E-state index contributed by atoms with van der Waals surface area (Å²) >= 11 is 0. The van der Waals surface area contributed by atoms with Crippen LogP contribution in [0.2, 0.25) is 0 Å². The van der Waals surface area contributed by atoms with Crippen LogP contribution in [0.5, 0.6) is 0 Å². The Morgan fingerprint density at radius 2 is 1.55 bits per heavy atom. The number of aliphatic carboxylic acids is 1. The van der Waals surface area contributed by atoms with Gasteiger partial charge in [-0.1, -0.05) is 42.8 Å². The second kappa shape index (κ2) is 10.1. The van der Waals surface area contributed by atoms with Gasteiger partial charge in [0.15, 0.2) is 0 Å². The largest absolute Gasteiger partial charge is 0.481 e. The zero-order chi connectivity index (χ0) is 19.3. The first-order chi connectivity index (χ1) is 13.7. The summed E-state index contributed by atoms with van der Waals surface area (Å²) < 4.78 is 0.